The molecule has 1 aromatic carbocycles. The first-order chi connectivity index (χ1) is 11.1. The minimum absolute atomic E-state index is 0.0420. The summed E-state index contributed by atoms with van der Waals surface area (Å²) in [5.74, 6) is -0.0178. The van der Waals surface area contributed by atoms with Crippen molar-refractivity contribution < 1.29 is 14.4 Å². The van der Waals surface area contributed by atoms with Gasteiger partial charge in [0, 0.05) is 13.6 Å². The molecule has 120 valence electrons. The van der Waals surface area contributed by atoms with Crippen LogP contribution in [0, 0.1) is 6.92 Å². The number of aldehydes is 1. The largest absolute Gasteiger partial charge is 0.350 e. The van der Waals surface area contributed by atoms with E-state index in [1.165, 1.54) is 22.8 Å². The number of carbonyl (C=O) groups excluding carboxylic acids is 3. The molecule has 2 aromatic rings. The second kappa shape index (κ2) is 7.35. The highest BCUT2D eigenvalue weighted by molar-refractivity contribution is 5.87. The van der Waals surface area contributed by atoms with Gasteiger partial charge in [0.25, 0.3) is 0 Å². The lowest BCUT2D eigenvalue weighted by molar-refractivity contribution is -0.121. The Morgan fingerprint density at radius 2 is 2.09 bits per heavy atom. The molecule has 0 bridgehead atoms. The van der Waals surface area contributed by atoms with Crippen LogP contribution in [0.1, 0.15) is 21.6 Å². The highest BCUT2D eigenvalue weighted by Crippen LogP contribution is 2.14. The van der Waals surface area contributed by atoms with E-state index in [0.29, 0.717) is 19.2 Å². The van der Waals surface area contributed by atoms with Crippen molar-refractivity contribution in [3.63, 3.8) is 0 Å². The Labute approximate surface area is 133 Å². The quantitative estimate of drug-likeness (QED) is 0.770. The van der Waals surface area contributed by atoms with E-state index in [1.807, 2.05) is 31.2 Å². The lowest BCUT2D eigenvalue weighted by Crippen LogP contribution is -2.28. The molecule has 0 fully saturated rings. The fraction of sp³-hybridized carbons (Fsp3) is 0.250. The van der Waals surface area contributed by atoms with Crippen molar-refractivity contribution in [1.82, 2.24) is 14.9 Å². The third-order valence-corrected chi connectivity index (χ3v) is 3.51. The van der Waals surface area contributed by atoms with E-state index in [1.54, 1.807) is 0 Å². The van der Waals surface area contributed by atoms with Gasteiger partial charge in [-0.2, -0.15) is 0 Å². The number of carbonyl (C=O) groups is 3. The Hall–Kier alpha value is -2.96. The Morgan fingerprint density at radius 1 is 1.35 bits per heavy atom. The maximum Gasteiger partial charge on any atom is 0.240 e. The van der Waals surface area contributed by atoms with Crippen LogP contribution in [-0.2, 0) is 22.7 Å². The molecule has 0 unspecified atom stereocenters. The van der Waals surface area contributed by atoms with Gasteiger partial charge in [-0.1, -0.05) is 24.3 Å². The number of amides is 2. The molecule has 2 amide bonds. The van der Waals surface area contributed by atoms with Crippen LogP contribution in [0.5, 0.6) is 0 Å². The third kappa shape index (κ3) is 3.82. The van der Waals surface area contributed by atoms with Gasteiger partial charge >= 0.3 is 0 Å². The van der Waals surface area contributed by atoms with Crippen LogP contribution in [0.3, 0.4) is 0 Å². The van der Waals surface area contributed by atoms with Crippen LogP contribution in [0.15, 0.2) is 30.6 Å². The van der Waals surface area contributed by atoms with Crippen molar-refractivity contribution in [3.8, 4) is 0 Å². The minimum Gasteiger partial charge on any atom is -0.350 e. The molecule has 1 aromatic heterocycles. The highest BCUT2D eigenvalue weighted by atomic mass is 16.2. The second-order valence-electron chi connectivity index (χ2n) is 5.12. The van der Waals surface area contributed by atoms with Gasteiger partial charge in [-0.05, 0) is 18.1 Å². The monoisotopic (exact) mass is 314 g/mol. The third-order valence-electron chi connectivity index (χ3n) is 3.51. The van der Waals surface area contributed by atoms with Crippen LogP contribution in [-0.4, -0.2) is 35.2 Å². The Morgan fingerprint density at radius 3 is 2.74 bits per heavy atom. The zero-order valence-corrected chi connectivity index (χ0v) is 13.0. The van der Waals surface area contributed by atoms with E-state index in [4.69, 9.17) is 0 Å². The molecule has 0 radical (unpaired) electrons. The number of rotatable bonds is 7. The van der Waals surface area contributed by atoms with E-state index in [0.717, 1.165) is 11.1 Å². The van der Waals surface area contributed by atoms with Crippen LogP contribution >= 0.6 is 0 Å². The SMILES string of the molecule is Cc1ccccc1CNC(=O)Cn1cnc(N(C)C=O)c1C=O. The predicted octanol–water partition coefficient (Wildman–Crippen LogP) is 0.913. The van der Waals surface area contributed by atoms with Crippen molar-refractivity contribution in [2.75, 3.05) is 11.9 Å². The first kappa shape index (κ1) is 16.4. The van der Waals surface area contributed by atoms with Crippen molar-refractivity contribution in [2.24, 2.45) is 0 Å². The highest BCUT2D eigenvalue weighted by Gasteiger charge is 2.15. The Kier molecular flexibility index (Phi) is 5.24. The summed E-state index contributed by atoms with van der Waals surface area (Å²) in [6, 6.07) is 7.77. The minimum atomic E-state index is -0.242. The number of imidazole rings is 1. The van der Waals surface area contributed by atoms with Gasteiger partial charge in [0.15, 0.2) is 12.1 Å². The number of aromatic nitrogens is 2. The van der Waals surface area contributed by atoms with Gasteiger partial charge in [-0.25, -0.2) is 4.98 Å². The molecule has 0 atom stereocenters. The van der Waals surface area contributed by atoms with Crippen molar-refractivity contribution in [1.29, 1.82) is 0 Å². The van der Waals surface area contributed by atoms with Crippen LogP contribution in [0.25, 0.3) is 0 Å². The topological polar surface area (TPSA) is 84.3 Å². The number of nitrogens with zero attached hydrogens (tertiary/aromatic N) is 3. The van der Waals surface area contributed by atoms with Crippen LogP contribution in [0.2, 0.25) is 0 Å². The van der Waals surface area contributed by atoms with Gasteiger partial charge in [0.1, 0.15) is 12.2 Å². The van der Waals surface area contributed by atoms with Gasteiger partial charge in [-0.3, -0.25) is 14.4 Å². The summed E-state index contributed by atoms with van der Waals surface area (Å²) in [5, 5.41) is 2.81. The molecule has 7 heteroatoms. The summed E-state index contributed by atoms with van der Waals surface area (Å²) < 4.78 is 1.41. The Bertz CT molecular complexity index is 724. The molecule has 23 heavy (non-hydrogen) atoms. The number of benzene rings is 1. The summed E-state index contributed by atoms with van der Waals surface area (Å²) in [7, 11) is 1.49. The average Bonchev–Trinajstić information content (AvgIpc) is 2.95. The van der Waals surface area contributed by atoms with Crippen molar-refractivity contribution in [3.05, 3.63) is 47.4 Å². The number of aryl methyl sites for hydroxylation is 1. The first-order valence-corrected chi connectivity index (χ1v) is 7.06. The lowest BCUT2D eigenvalue weighted by atomic mass is 10.1. The first-order valence-electron chi connectivity index (χ1n) is 7.06. The maximum absolute atomic E-state index is 12.1. The fourth-order valence-electron chi connectivity index (χ4n) is 2.16. The molecule has 1 heterocycles. The molecule has 0 saturated carbocycles. The van der Waals surface area contributed by atoms with Gasteiger partial charge < -0.3 is 14.8 Å². The van der Waals surface area contributed by atoms with Crippen molar-refractivity contribution >= 4 is 24.4 Å². The number of anilines is 1. The van der Waals surface area contributed by atoms with Gasteiger partial charge in [0.2, 0.25) is 12.3 Å². The van der Waals surface area contributed by atoms with E-state index < -0.39 is 0 Å². The molecule has 0 aliphatic heterocycles. The molecule has 0 saturated heterocycles. The van der Waals surface area contributed by atoms with Gasteiger partial charge in [0.05, 0.1) is 6.33 Å². The normalized spacial score (nSPS) is 10.2. The number of hydrogen-bond donors (Lipinski definition) is 1. The summed E-state index contributed by atoms with van der Waals surface area (Å²) in [6.45, 7) is 2.35. The summed E-state index contributed by atoms with van der Waals surface area (Å²) in [4.78, 5) is 39.2. The Balaban J connectivity index is 2.03. The summed E-state index contributed by atoms with van der Waals surface area (Å²) >= 11 is 0. The molecule has 2 rings (SSSR count). The summed E-state index contributed by atoms with van der Waals surface area (Å²) in [5.41, 5.74) is 2.31. The molecule has 0 spiro atoms. The van der Waals surface area contributed by atoms with E-state index in [-0.39, 0.29) is 24.0 Å². The molecular formula is C16H18N4O3. The predicted molar refractivity (Wildman–Crippen MR) is 85.1 cm³/mol. The molecule has 1 N–H and O–H groups in total. The van der Waals surface area contributed by atoms with E-state index in [2.05, 4.69) is 10.3 Å². The van der Waals surface area contributed by atoms with Crippen LogP contribution in [0.4, 0.5) is 5.82 Å². The lowest BCUT2D eigenvalue weighted by Gasteiger charge is -2.10. The maximum atomic E-state index is 12.1. The number of hydrogen-bond acceptors (Lipinski definition) is 4. The fourth-order valence-corrected chi connectivity index (χ4v) is 2.16. The zero-order chi connectivity index (χ0) is 16.8. The standard InChI is InChI=1S/C16H18N4O3/c1-12-5-3-4-6-13(12)7-17-15(23)8-20-10-18-16(14(20)9-21)19(2)11-22/h3-6,9-11H,7-8H2,1-2H3,(H,17,23). The smallest absolute Gasteiger partial charge is 0.240 e. The van der Waals surface area contributed by atoms with E-state index in [9.17, 15) is 14.4 Å². The molecule has 7 nitrogen and oxygen atoms in total. The second-order valence-corrected chi connectivity index (χ2v) is 5.12. The number of nitrogens with one attached hydrogen (secondary N) is 1. The van der Waals surface area contributed by atoms with Gasteiger partial charge in [-0.15, -0.1) is 0 Å². The van der Waals surface area contributed by atoms with Crippen LogP contribution < -0.4 is 10.2 Å². The average molecular weight is 314 g/mol. The van der Waals surface area contributed by atoms with E-state index >= 15 is 0 Å². The van der Waals surface area contributed by atoms with Crippen molar-refractivity contribution in [2.45, 2.75) is 20.0 Å². The molecule has 0 aliphatic rings. The molecule has 0 aliphatic carbocycles. The summed E-state index contributed by atoms with van der Waals surface area (Å²) in [6.07, 6.45) is 2.50. The molecular weight excluding hydrogens is 296 g/mol. The zero-order valence-electron chi connectivity index (χ0n) is 13.0.